The van der Waals surface area contributed by atoms with Crippen LogP contribution >= 0.6 is 11.6 Å². The van der Waals surface area contributed by atoms with E-state index in [0.717, 1.165) is 16.5 Å². The monoisotopic (exact) mass is 1150 g/mol. The molecule has 0 bridgehead atoms. The zero-order valence-corrected chi connectivity index (χ0v) is 47.0. The van der Waals surface area contributed by atoms with Crippen LogP contribution in [0, 0.1) is 11.8 Å². The molecule has 1 aromatic heterocycles. The highest BCUT2D eigenvalue weighted by Crippen LogP contribution is 2.27. The van der Waals surface area contributed by atoms with Crippen LogP contribution in [0.25, 0.3) is 10.9 Å². The number of fused-ring (bicyclic) bond motifs is 1. The van der Waals surface area contributed by atoms with Gasteiger partial charge in [-0.25, -0.2) is 0 Å². The summed E-state index contributed by atoms with van der Waals surface area (Å²) in [5.74, 6) is -8.89. The third kappa shape index (κ3) is 21.3. The molecule has 7 amide bonds. The number of H-pyrrole nitrogens is 1. The fourth-order valence-electron chi connectivity index (χ4n) is 9.51. The molecule has 5 rings (SSSR count). The summed E-state index contributed by atoms with van der Waals surface area (Å²) >= 11 is 6.69. The summed E-state index contributed by atoms with van der Waals surface area (Å²) in [6.45, 7) is 2.92. The number of hydrogen-bond acceptors (Lipinski definition) is 12. The van der Waals surface area contributed by atoms with Crippen LogP contribution in [0.4, 0.5) is 0 Å². The predicted molar refractivity (Wildman–Crippen MR) is 310 cm³/mol. The number of amides is 7. The Labute approximate surface area is 481 Å². The largest absolute Gasteiger partial charge is 0.371 e. The summed E-state index contributed by atoms with van der Waals surface area (Å²) in [6, 6.07) is 16.1. The summed E-state index contributed by atoms with van der Waals surface area (Å²) in [6.07, 6.45) is -0.378. The van der Waals surface area contributed by atoms with Crippen LogP contribution in [0.15, 0.2) is 95.0 Å². The maximum absolute atomic E-state index is 15.1. The minimum Gasteiger partial charge on any atom is -0.371 e. The molecule has 0 aliphatic carbocycles. The Kier molecular flexibility index (Phi) is 25.8. The molecule has 0 spiro atoms. The highest BCUT2D eigenvalue weighted by atomic mass is 35.5. The number of Topliss-reactive ketones (excluding diaryl/α,β-unsaturated/α-hetero) is 2. The number of guanidine groups is 2. The molecule has 3 aromatic carbocycles. The van der Waals surface area contributed by atoms with Crippen molar-refractivity contribution in [3.8, 4) is 0 Å². The normalized spacial score (nSPS) is 20.9. The Morgan fingerprint density at radius 2 is 1.41 bits per heavy atom. The van der Waals surface area contributed by atoms with Gasteiger partial charge in [-0.05, 0) is 87.1 Å². The number of aromatic amines is 1. The average Bonchev–Trinajstić information content (AvgIpc) is 3.86. The van der Waals surface area contributed by atoms with Gasteiger partial charge in [0.05, 0.1) is 18.8 Å². The number of nitrogens with two attached hydrogens (primary N) is 5. The summed E-state index contributed by atoms with van der Waals surface area (Å²) in [5.41, 5.74) is 30.8. The lowest BCUT2D eigenvalue weighted by molar-refractivity contribution is -0.138. The molecule has 17 N–H and O–H groups in total. The second-order valence-electron chi connectivity index (χ2n) is 20.3. The van der Waals surface area contributed by atoms with Gasteiger partial charge in [-0.1, -0.05) is 78.3 Å². The number of ether oxygens (including phenoxy) is 1. The fourth-order valence-corrected chi connectivity index (χ4v) is 9.72. The number of benzene rings is 3. The number of para-hydroxylation sites is 1. The van der Waals surface area contributed by atoms with Gasteiger partial charge in [-0.15, -0.1) is 0 Å². The summed E-state index contributed by atoms with van der Waals surface area (Å²) in [4.78, 5) is 138. The quantitative estimate of drug-likeness (QED) is 0.0335. The second-order valence-corrected chi connectivity index (χ2v) is 20.8. The van der Waals surface area contributed by atoms with E-state index >= 15 is 9.59 Å². The van der Waals surface area contributed by atoms with Crippen molar-refractivity contribution in [3.05, 3.63) is 107 Å². The first-order chi connectivity index (χ1) is 39.2. The average molecular weight is 1150 g/mol. The zero-order valence-electron chi connectivity index (χ0n) is 46.3. The molecule has 1 fully saturated rings. The highest BCUT2D eigenvalue weighted by Gasteiger charge is 2.37. The lowest BCUT2D eigenvalue weighted by Crippen LogP contribution is -2.60. The van der Waals surface area contributed by atoms with E-state index in [4.69, 9.17) is 45.0 Å². The van der Waals surface area contributed by atoms with Gasteiger partial charge in [-0.2, -0.15) is 0 Å². The van der Waals surface area contributed by atoms with Gasteiger partial charge in [0.1, 0.15) is 30.0 Å². The number of carbonyl (C=O) groups is 9. The van der Waals surface area contributed by atoms with Crippen molar-refractivity contribution >= 4 is 87.3 Å². The first-order valence-electron chi connectivity index (χ1n) is 27.3. The third-order valence-electron chi connectivity index (χ3n) is 13.9. The van der Waals surface area contributed by atoms with Crippen molar-refractivity contribution in [3.63, 3.8) is 0 Å². The van der Waals surface area contributed by atoms with Crippen LogP contribution in [0.5, 0.6) is 0 Å². The Hall–Kier alpha value is -8.38. The number of primary amides is 1. The Morgan fingerprint density at radius 3 is 2.11 bits per heavy atom. The van der Waals surface area contributed by atoms with Crippen molar-refractivity contribution < 1.29 is 47.9 Å². The predicted octanol–water partition coefficient (Wildman–Crippen LogP) is 1.09. The molecular formula is C57H77ClN14O10. The van der Waals surface area contributed by atoms with E-state index in [1.54, 1.807) is 54.7 Å². The van der Waals surface area contributed by atoms with Crippen molar-refractivity contribution in [2.75, 3.05) is 19.6 Å². The van der Waals surface area contributed by atoms with Gasteiger partial charge in [0, 0.05) is 86.2 Å². The van der Waals surface area contributed by atoms with Gasteiger partial charge in [0.2, 0.25) is 41.4 Å². The Bertz CT molecular complexity index is 2910. The van der Waals surface area contributed by atoms with E-state index in [0.29, 0.717) is 11.1 Å². The summed E-state index contributed by atoms with van der Waals surface area (Å²) < 4.78 is 6.23. The van der Waals surface area contributed by atoms with E-state index in [2.05, 4.69) is 46.9 Å². The van der Waals surface area contributed by atoms with Gasteiger partial charge < -0.3 is 70.3 Å². The number of carbonyl (C=O) groups excluding carboxylic acids is 9. The van der Waals surface area contributed by atoms with Gasteiger partial charge in [0.25, 0.3) is 0 Å². The van der Waals surface area contributed by atoms with Gasteiger partial charge in [-0.3, -0.25) is 53.1 Å². The fraction of sp³-hybridized carbons (Fsp3) is 0.456. The SMILES string of the molecule is CC(=O)N[C@@H](CCCN=C(N)N)C(=O)N[C@H]1CCC(=O)NCCC[C@@H](C(N)=O)NC(=O)[C@H](Cc2c[nH]c3ccccc23)CC(=O)[C@H](CCCN=C(N)N)CC(=O)[C@@H](Cc2ccccc2Cl)NC(=O)[C@H]([C@@H](C)OCc2ccccc2)NC1=O. The first kappa shape index (κ1) is 64.4. The number of nitrogens with one attached hydrogen (secondary N) is 7. The number of aromatic nitrogens is 1. The molecule has 442 valence electrons. The molecule has 1 aliphatic rings. The molecular weight excluding hydrogens is 1080 g/mol. The number of aliphatic imine (C=N–C) groups is 2. The van der Waals surface area contributed by atoms with Gasteiger partial charge in [0.15, 0.2) is 17.7 Å². The van der Waals surface area contributed by atoms with E-state index in [9.17, 15) is 33.6 Å². The molecule has 1 saturated heterocycles. The van der Waals surface area contributed by atoms with E-state index in [1.165, 1.54) is 13.8 Å². The molecule has 8 atom stereocenters. The first-order valence-corrected chi connectivity index (χ1v) is 27.7. The molecule has 82 heavy (non-hydrogen) atoms. The molecule has 25 heteroatoms. The van der Waals surface area contributed by atoms with Gasteiger partial charge >= 0.3 is 0 Å². The van der Waals surface area contributed by atoms with Crippen LogP contribution in [-0.4, -0.2) is 126 Å². The molecule has 0 radical (unpaired) electrons. The molecule has 0 unspecified atom stereocenters. The smallest absolute Gasteiger partial charge is 0.245 e. The van der Waals surface area contributed by atoms with Crippen LogP contribution < -0.4 is 60.6 Å². The number of rotatable bonds is 20. The number of nitrogens with zero attached hydrogens (tertiary/aromatic N) is 2. The van der Waals surface area contributed by atoms with E-state index < -0.39 is 107 Å². The maximum atomic E-state index is 15.1. The summed E-state index contributed by atoms with van der Waals surface area (Å²) in [7, 11) is 0. The van der Waals surface area contributed by atoms with E-state index in [1.807, 2.05) is 30.3 Å². The molecule has 24 nitrogen and oxygen atoms in total. The Balaban J connectivity index is 1.59. The summed E-state index contributed by atoms with van der Waals surface area (Å²) in [5, 5.41) is 17.3. The standard InChI is InChI=1S/C57H77ClN14O10/c1-33(82-32-35-13-4-3-5-14-35)50-55(81)71-46(28-36-15-6-8-18-41(36)58)48(75)29-37(16-10-25-65-56(60)61)47(74)30-38(27-39-31-67-42-19-9-7-17-40(39)42)52(78)69-43(51(59)77)20-11-24-64-49(76)23-22-45(54(80)72-50)70-53(79)44(68-34(2)73)21-12-26-66-57(62)63/h3-9,13-15,17-19,31,33,37-38,43-46,50,67H,10-12,16,20-30,32H2,1-2H3,(H2,59,77)(H,64,76)(H,68,73)(H,69,78)(H,70,79)(H,71,81)(H,72,80)(H4,60,61,65)(H4,62,63,66)/t33-,37-,38-,43+,44+,45+,46-,50+/m1/s1. The van der Waals surface area contributed by atoms with Crippen molar-refractivity contribution in [2.24, 2.45) is 50.5 Å². The maximum Gasteiger partial charge on any atom is 0.245 e. The second kappa shape index (κ2) is 32.8. The zero-order chi connectivity index (χ0) is 59.7. The van der Waals surface area contributed by atoms with Crippen LogP contribution in [0.3, 0.4) is 0 Å². The lowest BCUT2D eigenvalue weighted by Gasteiger charge is -2.30. The molecule has 0 saturated carbocycles. The number of ketones is 2. The highest BCUT2D eigenvalue weighted by molar-refractivity contribution is 6.31. The minimum absolute atomic E-state index is 0.0111. The van der Waals surface area contributed by atoms with E-state index in [-0.39, 0.29) is 114 Å². The van der Waals surface area contributed by atoms with Crippen molar-refractivity contribution in [1.82, 2.24) is 36.9 Å². The number of hydrogen-bond donors (Lipinski definition) is 12. The molecule has 4 aromatic rings. The van der Waals surface area contributed by atoms with Crippen molar-refractivity contribution in [1.29, 1.82) is 0 Å². The molecule has 2 heterocycles. The van der Waals surface area contributed by atoms with Crippen molar-refractivity contribution in [2.45, 2.75) is 134 Å². The topological polar surface area (TPSA) is 406 Å². The lowest BCUT2D eigenvalue weighted by atomic mass is 9.83. The third-order valence-corrected chi connectivity index (χ3v) is 14.3. The Morgan fingerprint density at radius 1 is 0.744 bits per heavy atom. The van der Waals surface area contributed by atoms with Crippen LogP contribution in [-0.2, 0) is 67.3 Å². The van der Waals surface area contributed by atoms with Crippen LogP contribution in [0.2, 0.25) is 5.02 Å². The minimum atomic E-state index is -1.59. The number of halogens is 1. The molecule has 1 aliphatic heterocycles. The van der Waals surface area contributed by atoms with Crippen LogP contribution in [0.1, 0.15) is 94.7 Å².